The summed E-state index contributed by atoms with van der Waals surface area (Å²) < 4.78 is 12.1. The number of hydrogen-bond donors (Lipinski definition) is 1. The summed E-state index contributed by atoms with van der Waals surface area (Å²) >= 11 is 1.30. The van der Waals surface area contributed by atoms with Gasteiger partial charge in [0.1, 0.15) is 16.8 Å². The van der Waals surface area contributed by atoms with Crippen LogP contribution in [-0.2, 0) is 29.4 Å². The van der Waals surface area contributed by atoms with Gasteiger partial charge in [-0.15, -0.1) is 11.3 Å². The predicted molar refractivity (Wildman–Crippen MR) is 228 cm³/mol. The van der Waals surface area contributed by atoms with Crippen LogP contribution >= 0.6 is 11.3 Å². The fourth-order valence-electron chi connectivity index (χ4n) is 6.65. The van der Waals surface area contributed by atoms with Crippen molar-refractivity contribution in [1.29, 1.82) is 0 Å². The van der Waals surface area contributed by atoms with Gasteiger partial charge in [-0.05, 0) is 48.6 Å². The van der Waals surface area contributed by atoms with E-state index in [4.69, 9.17) is 19.3 Å². The average molecular weight is 786 g/mol. The average Bonchev–Trinajstić information content (AvgIpc) is 3.72. The number of esters is 2. The molecule has 7 aromatic rings. The number of oxime groups is 1. The van der Waals surface area contributed by atoms with Gasteiger partial charge in [0.05, 0.1) is 0 Å². The van der Waals surface area contributed by atoms with E-state index >= 15 is 0 Å². The van der Waals surface area contributed by atoms with Crippen molar-refractivity contribution in [3.8, 4) is 0 Å². The van der Waals surface area contributed by atoms with Gasteiger partial charge in [-0.25, -0.2) is 14.6 Å². The van der Waals surface area contributed by atoms with Crippen molar-refractivity contribution in [3.63, 3.8) is 0 Å². The molecule has 0 amide bonds. The SMILES string of the molecule is CC(C)(C)OC(=O)C(O/N=C(\C(=O)OC(c1ccccc1)c1ccccc1)c1csc(NC(c2ccccc2)(c2ccccc2)c2ccccc2)n1)c1ccccc1. The number of carbonyl (C=O) groups is 2. The maximum atomic E-state index is 14.6. The molecule has 1 heterocycles. The van der Waals surface area contributed by atoms with Crippen LogP contribution in [0.3, 0.4) is 0 Å². The standard InChI is InChI=1S/C49H43N3O5S/c1-48(2,3)56-46(54)44(37-26-14-6-15-27-37)57-52-42(45(53)55-43(35-22-10-4-11-23-35)36-24-12-5-13-25-36)41-34-58-47(50-41)51-49(38-28-16-7-17-29-38,39-30-18-8-19-31-39)40-32-20-9-21-33-40/h4-34,43-44H,1-3H3,(H,50,51)/b52-42-. The number of nitrogens with one attached hydrogen (secondary N) is 1. The van der Waals surface area contributed by atoms with Crippen LogP contribution < -0.4 is 5.32 Å². The first kappa shape index (κ1) is 39.4. The van der Waals surface area contributed by atoms with E-state index in [9.17, 15) is 9.59 Å². The van der Waals surface area contributed by atoms with Crippen molar-refractivity contribution < 1.29 is 23.9 Å². The van der Waals surface area contributed by atoms with Gasteiger partial charge in [-0.1, -0.05) is 187 Å². The quantitative estimate of drug-likeness (QED) is 0.0507. The molecule has 0 aliphatic heterocycles. The molecule has 9 heteroatoms. The first-order chi connectivity index (χ1) is 28.2. The zero-order chi connectivity index (χ0) is 40.4. The Balaban J connectivity index is 1.33. The van der Waals surface area contributed by atoms with E-state index < -0.39 is 35.3 Å². The molecular weight excluding hydrogens is 743 g/mol. The third-order valence-electron chi connectivity index (χ3n) is 9.26. The summed E-state index contributed by atoms with van der Waals surface area (Å²) in [5.74, 6) is -1.47. The number of thiazole rings is 1. The topological polar surface area (TPSA) is 99.1 Å². The first-order valence-corrected chi connectivity index (χ1v) is 19.8. The van der Waals surface area contributed by atoms with Crippen LogP contribution in [0.2, 0.25) is 0 Å². The van der Waals surface area contributed by atoms with E-state index in [1.807, 2.05) is 121 Å². The lowest BCUT2D eigenvalue weighted by Crippen LogP contribution is -2.38. The molecule has 1 unspecified atom stereocenters. The van der Waals surface area contributed by atoms with E-state index in [1.165, 1.54) is 11.3 Å². The highest BCUT2D eigenvalue weighted by Gasteiger charge is 2.38. The van der Waals surface area contributed by atoms with Gasteiger partial charge in [0.25, 0.3) is 0 Å². The Morgan fingerprint density at radius 1 is 0.603 bits per heavy atom. The van der Waals surface area contributed by atoms with Crippen molar-refractivity contribution in [2.45, 2.75) is 44.1 Å². The van der Waals surface area contributed by atoms with Crippen LogP contribution in [-0.4, -0.2) is 28.2 Å². The Hall–Kier alpha value is -6.84. The van der Waals surface area contributed by atoms with Gasteiger partial charge in [-0.3, -0.25) is 0 Å². The lowest BCUT2D eigenvalue weighted by molar-refractivity contribution is -0.169. The van der Waals surface area contributed by atoms with Crippen LogP contribution in [0.25, 0.3) is 0 Å². The zero-order valence-electron chi connectivity index (χ0n) is 32.4. The maximum absolute atomic E-state index is 14.6. The number of nitrogens with zero attached hydrogens (tertiary/aromatic N) is 2. The molecule has 0 radical (unpaired) electrons. The Bertz CT molecular complexity index is 2280. The predicted octanol–water partition coefficient (Wildman–Crippen LogP) is 10.7. The van der Waals surface area contributed by atoms with Crippen molar-refractivity contribution in [2.75, 3.05) is 5.32 Å². The molecule has 0 saturated heterocycles. The highest BCUT2D eigenvalue weighted by molar-refractivity contribution is 7.14. The molecule has 7 rings (SSSR count). The lowest BCUT2D eigenvalue weighted by atomic mass is 9.77. The molecule has 8 nitrogen and oxygen atoms in total. The van der Waals surface area contributed by atoms with E-state index in [2.05, 4.69) is 46.9 Å². The molecule has 1 aromatic heterocycles. The van der Waals surface area contributed by atoms with Crippen molar-refractivity contribution in [3.05, 3.63) is 226 Å². The van der Waals surface area contributed by atoms with Crippen molar-refractivity contribution in [1.82, 2.24) is 4.98 Å². The van der Waals surface area contributed by atoms with Crippen LogP contribution in [0.4, 0.5) is 5.13 Å². The number of ether oxygens (including phenoxy) is 2. The molecule has 0 bridgehead atoms. The summed E-state index contributed by atoms with van der Waals surface area (Å²) in [7, 11) is 0. The fraction of sp³-hybridized carbons (Fsp3) is 0.143. The third kappa shape index (κ3) is 9.23. The second kappa shape index (κ2) is 18.0. The third-order valence-corrected chi connectivity index (χ3v) is 10.0. The maximum Gasteiger partial charge on any atom is 0.363 e. The highest BCUT2D eigenvalue weighted by atomic mass is 32.1. The number of hydrogen-bond acceptors (Lipinski definition) is 9. The molecule has 1 atom stereocenters. The monoisotopic (exact) mass is 785 g/mol. The minimum atomic E-state index is -1.29. The van der Waals surface area contributed by atoms with Gasteiger partial charge in [0, 0.05) is 10.9 Å². The van der Waals surface area contributed by atoms with Gasteiger partial charge >= 0.3 is 11.9 Å². The molecule has 6 aromatic carbocycles. The summed E-state index contributed by atoms with van der Waals surface area (Å²) in [5, 5.41) is 10.4. The van der Waals surface area contributed by atoms with Gasteiger partial charge in [-0.2, -0.15) is 0 Å². The first-order valence-electron chi connectivity index (χ1n) is 18.9. The molecule has 1 N–H and O–H groups in total. The lowest BCUT2D eigenvalue weighted by Gasteiger charge is -2.36. The van der Waals surface area contributed by atoms with Gasteiger partial charge in [0.2, 0.25) is 11.8 Å². The summed E-state index contributed by atoms with van der Waals surface area (Å²) in [5.41, 5.74) is 3.25. The summed E-state index contributed by atoms with van der Waals surface area (Å²) in [6.07, 6.45) is -2.07. The van der Waals surface area contributed by atoms with Gasteiger partial charge in [0.15, 0.2) is 11.2 Å². The molecule has 0 saturated carbocycles. The minimum Gasteiger partial charge on any atom is -0.457 e. The summed E-state index contributed by atoms with van der Waals surface area (Å²) in [6, 6.07) is 58.3. The Morgan fingerprint density at radius 3 is 1.45 bits per heavy atom. The molecule has 0 aliphatic carbocycles. The van der Waals surface area contributed by atoms with E-state index in [0.29, 0.717) is 10.7 Å². The van der Waals surface area contributed by atoms with E-state index in [-0.39, 0.29) is 11.4 Å². The highest BCUT2D eigenvalue weighted by Crippen LogP contribution is 2.41. The van der Waals surface area contributed by atoms with Crippen LogP contribution in [0.15, 0.2) is 193 Å². The second-order valence-electron chi connectivity index (χ2n) is 14.5. The van der Waals surface area contributed by atoms with E-state index in [1.54, 1.807) is 50.4 Å². The number of carbonyl (C=O) groups excluding carboxylic acids is 2. The smallest absolute Gasteiger partial charge is 0.363 e. The molecule has 290 valence electrons. The minimum absolute atomic E-state index is 0.191. The normalized spacial score (nSPS) is 12.4. The van der Waals surface area contributed by atoms with Crippen LogP contribution in [0.1, 0.15) is 72.1 Å². The Morgan fingerprint density at radius 2 is 1.02 bits per heavy atom. The molecule has 0 aliphatic rings. The molecular formula is C49H43N3O5S. The number of rotatable bonds is 14. The van der Waals surface area contributed by atoms with Crippen LogP contribution in [0, 0.1) is 0 Å². The van der Waals surface area contributed by atoms with Crippen molar-refractivity contribution in [2.24, 2.45) is 5.16 Å². The second-order valence-corrected chi connectivity index (χ2v) is 15.3. The van der Waals surface area contributed by atoms with Crippen LogP contribution in [0.5, 0.6) is 0 Å². The van der Waals surface area contributed by atoms with Crippen molar-refractivity contribution >= 4 is 34.1 Å². The Labute approximate surface area is 342 Å². The van der Waals surface area contributed by atoms with Gasteiger partial charge < -0.3 is 19.6 Å². The zero-order valence-corrected chi connectivity index (χ0v) is 33.2. The summed E-state index contributed by atoms with van der Waals surface area (Å²) in [4.78, 5) is 39.3. The number of anilines is 1. The molecule has 0 fully saturated rings. The fourth-order valence-corrected chi connectivity index (χ4v) is 7.40. The number of aromatic nitrogens is 1. The molecule has 58 heavy (non-hydrogen) atoms. The number of benzene rings is 6. The van der Waals surface area contributed by atoms with E-state index in [0.717, 1.165) is 27.8 Å². The Kier molecular flexibility index (Phi) is 12.2. The molecule has 0 spiro atoms. The summed E-state index contributed by atoms with van der Waals surface area (Å²) in [6.45, 7) is 5.32. The largest absolute Gasteiger partial charge is 0.457 e.